The molecule has 1 rings (SSSR count). The van der Waals surface area contributed by atoms with Crippen LogP contribution in [-0.4, -0.2) is 6.17 Å². The van der Waals surface area contributed by atoms with Crippen molar-refractivity contribution in [3.05, 3.63) is 0 Å². The second kappa shape index (κ2) is 1.46. The first-order chi connectivity index (χ1) is 3.57. The number of halogens is 1. The Balaban J connectivity index is 2.47. The van der Waals surface area contributed by atoms with Crippen LogP contribution in [0.1, 0.15) is 27.2 Å². The van der Waals surface area contributed by atoms with Gasteiger partial charge in [-0.15, -0.1) is 0 Å². The predicted molar refractivity (Wildman–Crippen MR) is 32.5 cm³/mol. The molecule has 0 nitrogen and oxygen atoms in total. The molecule has 1 aliphatic carbocycles. The summed E-state index contributed by atoms with van der Waals surface area (Å²) in [6, 6.07) is 0. The first-order valence-electron chi connectivity index (χ1n) is 3.21. The fourth-order valence-electron chi connectivity index (χ4n) is 0.925. The fourth-order valence-corrected chi connectivity index (χ4v) is 0.925. The molecular formula is C7H13F. The summed E-state index contributed by atoms with van der Waals surface area (Å²) in [5.74, 6) is 0.512. The molecule has 0 spiro atoms. The molecule has 0 aromatic carbocycles. The fraction of sp³-hybridized carbons (Fsp3) is 1.00. The zero-order chi connectivity index (χ0) is 6.36. The first-order valence-corrected chi connectivity index (χ1v) is 3.21. The van der Waals surface area contributed by atoms with E-state index in [-0.39, 0.29) is 5.41 Å². The molecule has 8 heavy (non-hydrogen) atoms. The van der Waals surface area contributed by atoms with E-state index in [2.05, 4.69) is 13.8 Å². The van der Waals surface area contributed by atoms with E-state index in [1.807, 2.05) is 6.92 Å². The van der Waals surface area contributed by atoms with Gasteiger partial charge in [0, 0.05) is 5.41 Å². The molecule has 1 saturated carbocycles. The van der Waals surface area contributed by atoms with Gasteiger partial charge in [-0.3, -0.25) is 0 Å². The molecule has 0 bridgehead atoms. The van der Waals surface area contributed by atoms with E-state index in [0.29, 0.717) is 5.92 Å². The molecule has 1 heteroatoms. The van der Waals surface area contributed by atoms with Crippen molar-refractivity contribution in [3.8, 4) is 0 Å². The van der Waals surface area contributed by atoms with Crippen molar-refractivity contribution in [1.29, 1.82) is 0 Å². The maximum Gasteiger partial charge on any atom is 0.106 e. The molecule has 0 aromatic rings. The van der Waals surface area contributed by atoms with E-state index >= 15 is 0 Å². The normalized spacial score (nSPS) is 45.4. The Morgan fingerprint density at radius 1 is 1.62 bits per heavy atom. The summed E-state index contributed by atoms with van der Waals surface area (Å²) in [5.41, 5.74) is 0.0417. The van der Waals surface area contributed by atoms with Crippen molar-refractivity contribution in [2.24, 2.45) is 11.3 Å². The van der Waals surface area contributed by atoms with Crippen LogP contribution in [0.5, 0.6) is 0 Å². The van der Waals surface area contributed by atoms with Crippen molar-refractivity contribution >= 4 is 0 Å². The molecule has 48 valence electrons. The smallest absolute Gasteiger partial charge is 0.106 e. The standard InChI is InChI=1S/C7H13F/c1-5(2)7(3)4-6(7)8/h5-6H,4H2,1-3H3. The van der Waals surface area contributed by atoms with Crippen LogP contribution in [0.3, 0.4) is 0 Å². The van der Waals surface area contributed by atoms with Gasteiger partial charge in [0.1, 0.15) is 6.17 Å². The highest BCUT2D eigenvalue weighted by molar-refractivity contribution is 5.01. The van der Waals surface area contributed by atoms with E-state index in [0.717, 1.165) is 6.42 Å². The lowest BCUT2D eigenvalue weighted by molar-refractivity contribution is 0.303. The van der Waals surface area contributed by atoms with Crippen LogP contribution in [0, 0.1) is 11.3 Å². The molecule has 0 aliphatic heterocycles. The third-order valence-electron chi connectivity index (χ3n) is 2.49. The Kier molecular flexibility index (Phi) is 1.10. The molecular weight excluding hydrogens is 103 g/mol. The highest BCUT2D eigenvalue weighted by Gasteiger charge is 2.52. The summed E-state index contributed by atoms with van der Waals surface area (Å²) in [6.07, 6.45) is 0.271. The van der Waals surface area contributed by atoms with Crippen LogP contribution in [-0.2, 0) is 0 Å². The Morgan fingerprint density at radius 3 is 2.00 bits per heavy atom. The topological polar surface area (TPSA) is 0 Å². The highest BCUT2D eigenvalue weighted by Crippen LogP contribution is 2.53. The number of hydrogen-bond donors (Lipinski definition) is 0. The molecule has 0 aromatic heterocycles. The Labute approximate surface area is 50.1 Å². The Hall–Kier alpha value is -0.0700. The minimum atomic E-state index is -0.512. The minimum absolute atomic E-state index is 0.0417. The van der Waals surface area contributed by atoms with Crippen LogP contribution < -0.4 is 0 Å². The van der Waals surface area contributed by atoms with E-state index in [1.54, 1.807) is 0 Å². The van der Waals surface area contributed by atoms with E-state index in [4.69, 9.17) is 0 Å². The van der Waals surface area contributed by atoms with E-state index in [1.165, 1.54) is 0 Å². The molecule has 1 aliphatic rings. The molecule has 0 amide bonds. The average molecular weight is 116 g/mol. The summed E-state index contributed by atoms with van der Waals surface area (Å²) in [7, 11) is 0. The first kappa shape index (κ1) is 6.06. The molecule has 2 atom stereocenters. The van der Waals surface area contributed by atoms with Crippen molar-refractivity contribution in [2.45, 2.75) is 33.4 Å². The van der Waals surface area contributed by atoms with Crippen molar-refractivity contribution in [2.75, 3.05) is 0 Å². The largest absolute Gasteiger partial charge is 0.247 e. The molecule has 0 saturated heterocycles. The van der Waals surface area contributed by atoms with Gasteiger partial charge in [-0.2, -0.15) is 0 Å². The van der Waals surface area contributed by atoms with Crippen molar-refractivity contribution in [3.63, 3.8) is 0 Å². The lowest BCUT2D eigenvalue weighted by Gasteiger charge is -2.11. The van der Waals surface area contributed by atoms with Crippen LogP contribution in [0.25, 0.3) is 0 Å². The predicted octanol–water partition coefficient (Wildman–Crippen LogP) is 2.39. The van der Waals surface area contributed by atoms with Crippen molar-refractivity contribution in [1.82, 2.24) is 0 Å². The third kappa shape index (κ3) is 0.647. The zero-order valence-corrected chi connectivity index (χ0v) is 5.74. The summed E-state index contributed by atoms with van der Waals surface area (Å²) < 4.78 is 12.4. The van der Waals surface area contributed by atoms with Gasteiger partial charge in [-0.1, -0.05) is 20.8 Å². The van der Waals surface area contributed by atoms with E-state index < -0.39 is 6.17 Å². The maximum atomic E-state index is 12.4. The van der Waals surface area contributed by atoms with E-state index in [9.17, 15) is 4.39 Å². The third-order valence-corrected chi connectivity index (χ3v) is 2.49. The average Bonchev–Trinajstić information content (AvgIpc) is 2.17. The van der Waals surface area contributed by atoms with Crippen LogP contribution in [0.15, 0.2) is 0 Å². The number of hydrogen-bond acceptors (Lipinski definition) is 0. The molecule has 0 radical (unpaired) electrons. The van der Waals surface area contributed by atoms with Gasteiger partial charge in [0.2, 0.25) is 0 Å². The van der Waals surface area contributed by atoms with Gasteiger partial charge >= 0.3 is 0 Å². The summed E-state index contributed by atoms with van der Waals surface area (Å²) in [6.45, 7) is 6.18. The van der Waals surface area contributed by atoms with Crippen LogP contribution in [0.2, 0.25) is 0 Å². The number of alkyl halides is 1. The highest BCUT2D eigenvalue weighted by atomic mass is 19.1. The molecule has 1 fully saturated rings. The van der Waals surface area contributed by atoms with Crippen molar-refractivity contribution < 1.29 is 4.39 Å². The van der Waals surface area contributed by atoms with Crippen LogP contribution >= 0.6 is 0 Å². The summed E-state index contributed by atoms with van der Waals surface area (Å²) >= 11 is 0. The zero-order valence-electron chi connectivity index (χ0n) is 5.74. The Bertz CT molecular complexity index is 98.6. The lowest BCUT2D eigenvalue weighted by Crippen LogP contribution is -2.06. The monoisotopic (exact) mass is 116 g/mol. The second-order valence-electron chi connectivity index (χ2n) is 3.33. The summed E-state index contributed by atoms with van der Waals surface area (Å²) in [4.78, 5) is 0. The number of rotatable bonds is 1. The van der Waals surface area contributed by atoms with Gasteiger partial charge in [0.25, 0.3) is 0 Å². The molecule has 2 unspecified atom stereocenters. The Morgan fingerprint density at radius 2 is 2.00 bits per heavy atom. The van der Waals surface area contributed by atoms with Gasteiger partial charge in [-0.25, -0.2) is 4.39 Å². The van der Waals surface area contributed by atoms with Gasteiger partial charge < -0.3 is 0 Å². The van der Waals surface area contributed by atoms with Crippen LogP contribution in [0.4, 0.5) is 4.39 Å². The maximum absolute atomic E-state index is 12.4. The van der Waals surface area contributed by atoms with Gasteiger partial charge in [-0.05, 0) is 12.3 Å². The molecule has 0 heterocycles. The molecule has 0 N–H and O–H groups in total. The quantitative estimate of drug-likeness (QED) is 0.493. The SMILES string of the molecule is CC(C)C1(C)CC1F. The lowest BCUT2D eigenvalue weighted by atomic mass is 9.95. The second-order valence-corrected chi connectivity index (χ2v) is 3.33. The van der Waals surface area contributed by atoms with Gasteiger partial charge in [0.15, 0.2) is 0 Å². The van der Waals surface area contributed by atoms with Gasteiger partial charge in [0.05, 0.1) is 0 Å². The minimum Gasteiger partial charge on any atom is -0.247 e. The summed E-state index contributed by atoms with van der Waals surface area (Å²) in [5, 5.41) is 0.